The summed E-state index contributed by atoms with van der Waals surface area (Å²) in [6.45, 7) is 1.13. The predicted octanol–water partition coefficient (Wildman–Crippen LogP) is -4.04. The number of carboxylic acid groups (broad SMARTS) is 3. The van der Waals surface area contributed by atoms with Crippen LogP contribution in [0.3, 0.4) is 0 Å². The fourth-order valence-corrected chi connectivity index (χ4v) is 2.66. The molecule has 152 valence electrons. The van der Waals surface area contributed by atoms with Gasteiger partial charge in [0.15, 0.2) is 18.1 Å². The van der Waals surface area contributed by atoms with Gasteiger partial charge in [-0.15, -0.1) is 0 Å². The Morgan fingerprint density at radius 2 is 1.44 bits per heavy atom. The molecule has 0 radical (unpaired) electrons. The van der Waals surface area contributed by atoms with Crippen LogP contribution in [-0.4, -0.2) is 55.9 Å². The van der Waals surface area contributed by atoms with Gasteiger partial charge in [0, 0.05) is 12.8 Å². The zero-order chi connectivity index (χ0) is 20.6. The normalized spacial score (nSPS) is 14.5. The van der Waals surface area contributed by atoms with E-state index >= 15 is 0 Å². The molecule has 11 heteroatoms. The van der Waals surface area contributed by atoms with Crippen LogP contribution in [0.1, 0.15) is 31.4 Å². The van der Waals surface area contributed by atoms with Crippen LogP contribution in [0.25, 0.3) is 0 Å². The molecule has 0 aliphatic rings. The van der Waals surface area contributed by atoms with E-state index in [1.54, 1.807) is 0 Å². The summed E-state index contributed by atoms with van der Waals surface area (Å²) in [7, 11) is 0. The molecule has 1 aromatic rings. The molecule has 0 aromatic carbocycles. The Labute approximate surface area is 156 Å². The molecule has 0 unspecified atom stereocenters. The van der Waals surface area contributed by atoms with Crippen LogP contribution in [0.4, 0.5) is 0 Å². The van der Waals surface area contributed by atoms with Gasteiger partial charge >= 0.3 is 17.9 Å². The van der Waals surface area contributed by atoms with Gasteiger partial charge in [-0.05, 0) is 12.8 Å². The Kier molecular flexibility index (Phi) is 8.85. The van der Waals surface area contributed by atoms with Gasteiger partial charge in [-0.3, -0.25) is 0 Å². The smallest absolute Gasteiger partial charge is 0.362 e. The fraction of sp³-hybridized carbons (Fsp3) is 0.625. The van der Waals surface area contributed by atoms with E-state index in [4.69, 9.17) is 15.3 Å². The minimum absolute atomic E-state index is 0.252. The van der Waals surface area contributed by atoms with Crippen molar-refractivity contribution in [1.29, 1.82) is 0 Å². The number of aryl methyl sites for hydroxylation is 2. The van der Waals surface area contributed by atoms with Crippen molar-refractivity contribution in [3.63, 3.8) is 0 Å². The van der Waals surface area contributed by atoms with Crippen LogP contribution in [0, 0.1) is 0 Å². The zero-order valence-corrected chi connectivity index (χ0v) is 15.4. The first-order valence-corrected chi connectivity index (χ1v) is 8.87. The summed E-state index contributed by atoms with van der Waals surface area (Å²) in [5.41, 5.74) is 11.6. The highest BCUT2D eigenvalue weighted by atomic mass is 16.4. The van der Waals surface area contributed by atoms with E-state index in [1.807, 2.05) is 21.7 Å². The summed E-state index contributed by atoms with van der Waals surface area (Å²) < 4.78 is 3.78. The fourth-order valence-electron chi connectivity index (χ4n) is 2.66. The highest BCUT2D eigenvalue weighted by molar-refractivity contribution is 5.72. The van der Waals surface area contributed by atoms with Crippen molar-refractivity contribution < 1.29 is 51.5 Å². The first-order chi connectivity index (χ1) is 12.6. The predicted molar refractivity (Wildman–Crippen MR) is 89.7 cm³/mol. The van der Waals surface area contributed by atoms with E-state index in [0.29, 0.717) is 38.8 Å². The number of carbonyl (C=O) groups is 3. The lowest BCUT2D eigenvalue weighted by atomic mass is 10.1. The van der Waals surface area contributed by atoms with Gasteiger partial charge in [0.1, 0.15) is 11.9 Å². The minimum Gasteiger partial charge on any atom is -0.477 e. The molecule has 0 amide bonds. The third-order valence-electron chi connectivity index (χ3n) is 4.40. The number of quaternary nitrogens is 3. The van der Waals surface area contributed by atoms with Crippen molar-refractivity contribution in [2.75, 3.05) is 0 Å². The summed E-state index contributed by atoms with van der Waals surface area (Å²) in [6, 6.07) is -2.13. The number of hydrogen-bond acceptors (Lipinski definition) is 3. The third-order valence-corrected chi connectivity index (χ3v) is 4.40. The van der Waals surface area contributed by atoms with Gasteiger partial charge < -0.3 is 32.5 Å². The SMILES string of the molecule is [NH3+][C@@H](CCCn1c[n+](CCC[C@H]([NH3+])C(=O)O)cc1C[C@H]([NH3+])C(=O)O)C(=O)O. The van der Waals surface area contributed by atoms with Crippen LogP contribution in [0.15, 0.2) is 12.5 Å². The Hall–Kier alpha value is -2.50. The lowest BCUT2D eigenvalue weighted by molar-refractivity contribution is -0.697. The number of aliphatic carboxylic acids is 3. The largest absolute Gasteiger partial charge is 0.477 e. The number of imidazole rings is 1. The number of nitrogens with zero attached hydrogens (tertiary/aromatic N) is 2. The van der Waals surface area contributed by atoms with Crippen LogP contribution < -0.4 is 21.8 Å². The molecule has 1 rings (SSSR count). The minimum atomic E-state index is -0.987. The topological polar surface area (TPSA) is 204 Å². The lowest BCUT2D eigenvalue weighted by Gasteiger charge is -2.04. The molecule has 0 spiro atoms. The number of aromatic nitrogens is 2. The summed E-state index contributed by atoms with van der Waals surface area (Å²) in [6.07, 6.45) is 6.00. The molecule has 1 aromatic heterocycles. The maximum Gasteiger partial charge on any atom is 0.362 e. The molecule has 0 bridgehead atoms. The van der Waals surface area contributed by atoms with Crippen LogP contribution in [0.2, 0.25) is 0 Å². The maximum absolute atomic E-state index is 11.1. The molecule has 0 aliphatic carbocycles. The van der Waals surface area contributed by atoms with Gasteiger partial charge in [-0.2, -0.15) is 0 Å². The van der Waals surface area contributed by atoms with Gasteiger partial charge in [-0.25, -0.2) is 23.5 Å². The lowest BCUT2D eigenvalue weighted by Crippen LogP contribution is -2.66. The summed E-state index contributed by atoms with van der Waals surface area (Å²) >= 11 is 0. The molecule has 12 N–H and O–H groups in total. The highest BCUT2D eigenvalue weighted by Crippen LogP contribution is 2.06. The Bertz CT molecular complexity index is 662. The van der Waals surface area contributed by atoms with Crippen molar-refractivity contribution in [2.45, 2.75) is 63.3 Å². The standard InChI is InChI=1S/C16H27N5O6/c17-11(14(22)23)3-1-5-20-8-10(7-13(19)16(26)27)21(9-20)6-2-4-12(18)15(24)25/h8-9,11-13H,1-7,17-19H2,(H2-,22,23,24,25,26,27)/p+4/t11-,12-,13-/m0/s1. The molecule has 3 atom stereocenters. The maximum atomic E-state index is 11.1. The van der Waals surface area contributed by atoms with E-state index in [-0.39, 0.29) is 6.42 Å². The first-order valence-electron chi connectivity index (χ1n) is 8.87. The van der Waals surface area contributed by atoms with Crippen molar-refractivity contribution in [1.82, 2.24) is 4.57 Å². The second kappa shape index (κ2) is 10.6. The van der Waals surface area contributed by atoms with E-state index in [0.717, 1.165) is 5.69 Å². The number of carboxylic acids is 3. The van der Waals surface area contributed by atoms with Gasteiger partial charge in [0.2, 0.25) is 6.33 Å². The third kappa shape index (κ3) is 7.72. The number of hydrogen-bond donors (Lipinski definition) is 6. The van der Waals surface area contributed by atoms with E-state index in [9.17, 15) is 14.4 Å². The molecule has 27 heavy (non-hydrogen) atoms. The molecular formula is C16H31N5O6+4. The molecule has 0 aliphatic heterocycles. The quantitative estimate of drug-likeness (QED) is 0.185. The Morgan fingerprint density at radius 1 is 0.926 bits per heavy atom. The molecule has 0 saturated heterocycles. The van der Waals surface area contributed by atoms with Crippen molar-refractivity contribution in [3.05, 3.63) is 18.2 Å². The van der Waals surface area contributed by atoms with E-state index < -0.39 is 36.0 Å². The van der Waals surface area contributed by atoms with Gasteiger partial charge in [-0.1, -0.05) is 0 Å². The first kappa shape index (κ1) is 22.5. The number of rotatable bonds is 13. The second-order valence-corrected chi connectivity index (χ2v) is 6.76. The monoisotopic (exact) mass is 389 g/mol. The zero-order valence-electron chi connectivity index (χ0n) is 15.4. The van der Waals surface area contributed by atoms with Crippen LogP contribution in [-0.2, 0) is 33.9 Å². The summed E-state index contributed by atoms with van der Waals surface area (Å²) in [5, 5.41) is 26.9. The Balaban J connectivity index is 2.75. The van der Waals surface area contributed by atoms with Gasteiger partial charge in [0.25, 0.3) is 0 Å². The molecule has 0 fully saturated rings. The average molecular weight is 389 g/mol. The molecule has 11 nitrogen and oxygen atoms in total. The van der Waals surface area contributed by atoms with Gasteiger partial charge in [0.05, 0.1) is 19.5 Å². The molecular weight excluding hydrogens is 358 g/mol. The highest BCUT2D eigenvalue weighted by Gasteiger charge is 2.24. The van der Waals surface area contributed by atoms with E-state index in [1.165, 1.54) is 0 Å². The molecule has 0 saturated carbocycles. The van der Waals surface area contributed by atoms with Crippen molar-refractivity contribution in [3.8, 4) is 0 Å². The van der Waals surface area contributed by atoms with Crippen molar-refractivity contribution >= 4 is 17.9 Å². The van der Waals surface area contributed by atoms with Crippen LogP contribution in [0.5, 0.6) is 0 Å². The average Bonchev–Trinajstić information content (AvgIpc) is 2.95. The van der Waals surface area contributed by atoms with E-state index in [2.05, 4.69) is 17.2 Å². The van der Waals surface area contributed by atoms with Crippen molar-refractivity contribution in [2.24, 2.45) is 0 Å². The molecule has 1 heterocycles. The van der Waals surface area contributed by atoms with Crippen LogP contribution >= 0.6 is 0 Å². The Morgan fingerprint density at radius 3 is 1.96 bits per heavy atom. The summed E-state index contributed by atoms with van der Waals surface area (Å²) in [5.74, 6) is -2.86. The second-order valence-electron chi connectivity index (χ2n) is 6.76. The summed E-state index contributed by atoms with van der Waals surface area (Å²) in [4.78, 5) is 32.8.